The number of hydrogen-bond donors (Lipinski definition) is 1. The van der Waals surface area contributed by atoms with Crippen molar-refractivity contribution < 1.29 is 17.9 Å². The summed E-state index contributed by atoms with van der Waals surface area (Å²) >= 11 is 0. The van der Waals surface area contributed by atoms with Crippen molar-refractivity contribution >= 4 is 27.3 Å². The smallest absolute Gasteiger partial charge is 0.274 e. The molecule has 1 amide bonds. The maximum Gasteiger partial charge on any atom is 0.274 e. The zero-order valence-corrected chi connectivity index (χ0v) is 18.3. The van der Waals surface area contributed by atoms with Gasteiger partial charge in [0.15, 0.2) is 0 Å². The number of anilines is 2. The molecule has 2 aliphatic heterocycles. The summed E-state index contributed by atoms with van der Waals surface area (Å²) < 4.78 is 33.0. The summed E-state index contributed by atoms with van der Waals surface area (Å²) in [5, 5.41) is 2.79. The molecular formula is C22H28N4O4S. The van der Waals surface area contributed by atoms with E-state index in [-0.39, 0.29) is 16.5 Å². The Balaban J connectivity index is 1.49. The Kier molecular flexibility index (Phi) is 6.84. The number of aromatic nitrogens is 1. The number of hydrogen-bond acceptors (Lipinski definition) is 6. The molecule has 0 radical (unpaired) electrons. The minimum atomic E-state index is -3.58. The van der Waals surface area contributed by atoms with E-state index in [0.717, 1.165) is 44.5 Å². The van der Waals surface area contributed by atoms with Crippen molar-refractivity contribution in [1.29, 1.82) is 0 Å². The molecule has 2 saturated heterocycles. The highest BCUT2D eigenvalue weighted by Crippen LogP contribution is 2.23. The molecule has 1 aromatic carbocycles. The summed E-state index contributed by atoms with van der Waals surface area (Å²) in [4.78, 5) is 19.3. The first kappa shape index (κ1) is 21.7. The molecule has 0 aliphatic carbocycles. The molecule has 2 aromatic rings. The van der Waals surface area contributed by atoms with Crippen LogP contribution in [0.3, 0.4) is 0 Å². The van der Waals surface area contributed by atoms with Gasteiger partial charge in [0.2, 0.25) is 10.0 Å². The van der Waals surface area contributed by atoms with E-state index in [4.69, 9.17) is 4.74 Å². The highest BCUT2D eigenvalue weighted by atomic mass is 32.2. The standard InChI is InChI=1S/C22H28N4O4S/c27-22(21-17-19(8-9-23-21)25-12-14-30-15-13-25)24-18-6-5-7-20(16-18)31(28,29)26-10-3-1-2-4-11-26/h5-9,16-17H,1-4,10-15H2,(H,24,27). The van der Waals surface area contributed by atoms with Crippen LogP contribution in [0.4, 0.5) is 11.4 Å². The zero-order valence-electron chi connectivity index (χ0n) is 17.5. The predicted molar refractivity (Wildman–Crippen MR) is 119 cm³/mol. The molecule has 31 heavy (non-hydrogen) atoms. The number of pyridine rings is 1. The number of carbonyl (C=O) groups excluding carboxylic acids is 1. The van der Waals surface area contributed by atoms with Crippen LogP contribution in [0.2, 0.25) is 0 Å². The molecule has 4 rings (SSSR count). The van der Waals surface area contributed by atoms with Gasteiger partial charge in [0, 0.05) is 43.8 Å². The van der Waals surface area contributed by atoms with Crippen LogP contribution in [0, 0.1) is 0 Å². The normalized spacial score (nSPS) is 18.4. The van der Waals surface area contributed by atoms with Crippen molar-refractivity contribution in [3.8, 4) is 0 Å². The summed E-state index contributed by atoms with van der Waals surface area (Å²) in [5.74, 6) is -0.376. The first-order chi connectivity index (χ1) is 15.0. The molecule has 166 valence electrons. The topological polar surface area (TPSA) is 91.8 Å². The Morgan fingerprint density at radius 1 is 0.968 bits per heavy atom. The second kappa shape index (κ2) is 9.76. The van der Waals surface area contributed by atoms with Crippen molar-refractivity contribution in [2.75, 3.05) is 49.6 Å². The van der Waals surface area contributed by atoms with Crippen LogP contribution in [-0.2, 0) is 14.8 Å². The Labute approximate surface area is 183 Å². The minimum absolute atomic E-state index is 0.197. The second-order valence-corrected chi connectivity index (χ2v) is 9.74. The lowest BCUT2D eigenvalue weighted by Crippen LogP contribution is -2.36. The summed E-state index contributed by atoms with van der Waals surface area (Å²) in [6.45, 7) is 3.92. The largest absolute Gasteiger partial charge is 0.378 e. The van der Waals surface area contributed by atoms with Gasteiger partial charge in [0.25, 0.3) is 5.91 Å². The molecule has 0 bridgehead atoms. The van der Waals surface area contributed by atoms with Crippen molar-refractivity contribution in [3.63, 3.8) is 0 Å². The van der Waals surface area contributed by atoms with Crippen molar-refractivity contribution in [2.45, 2.75) is 30.6 Å². The summed E-state index contributed by atoms with van der Waals surface area (Å²) in [6, 6.07) is 10.1. The Bertz CT molecular complexity index is 1010. The lowest BCUT2D eigenvalue weighted by Gasteiger charge is -2.28. The molecule has 1 N–H and O–H groups in total. The first-order valence-electron chi connectivity index (χ1n) is 10.7. The van der Waals surface area contributed by atoms with E-state index in [1.54, 1.807) is 34.8 Å². The molecule has 2 aliphatic rings. The van der Waals surface area contributed by atoms with Crippen molar-refractivity contribution in [2.24, 2.45) is 0 Å². The molecular weight excluding hydrogens is 416 g/mol. The molecule has 8 nitrogen and oxygen atoms in total. The van der Waals surface area contributed by atoms with Gasteiger partial charge in [-0.2, -0.15) is 4.31 Å². The fraction of sp³-hybridized carbons (Fsp3) is 0.455. The van der Waals surface area contributed by atoms with Crippen LogP contribution >= 0.6 is 0 Å². The van der Waals surface area contributed by atoms with Gasteiger partial charge in [-0.1, -0.05) is 18.9 Å². The SMILES string of the molecule is O=C(Nc1cccc(S(=O)(=O)N2CCCCCC2)c1)c1cc(N2CCOCC2)ccn1. The van der Waals surface area contributed by atoms with Gasteiger partial charge in [-0.3, -0.25) is 9.78 Å². The van der Waals surface area contributed by atoms with Crippen LogP contribution in [0.5, 0.6) is 0 Å². The lowest BCUT2D eigenvalue weighted by molar-refractivity contribution is 0.102. The molecule has 0 spiro atoms. The van der Waals surface area contributed by atoms with Crippen molar-refractivity contribution in [1.82, 2.24) is 9.29 Å². The Hall–Kier alpha value is -2.49. The Morgan fingerprint density at radius 3 is 2.45 bits per heavy atom. The van der Waals surface area contributed by atoms with Crippen molar-refractivity contribution in [3.05, 3.63) is 48.3 Å². The fourth-order valence-corrected chi connectivity index (χ4v) is 5.49. The first-order valence-corrected chi connectivity index (χ1v) is 12.2. The average Bonchev–Trinajstić information content (AvgIpc) is 3.10. The molecule has 3 heterocycles. The number of ether oxygens (including phenoxy) is 1. The average molecular weight is 445 g/mol. The van der Waals surface area contributed by atoms with Crippen LogP contribution in [0.15, 0.2) is 47.5 Å². The van der Waals surface area contributed by atoms with Crippen LogP contribution in [0.1, 0.15) is 36.2 Å². The maximum absolute atomic E-state index is 13.1. The number of rotatable bonds is 5. The molecule has 2 fully saturated rings. The monoisotopic (exact) mass is 444 g/mol. The molecule has 0 unspecified atom stereocenters. The van der Waals surface area contributed by atoms with Crippen LogP contribution in [-0.4, -0.2) is 63.0 Å². The number of sulfonamides is 1. The molecule has 9 heteroatoms. The van der Waals surface area contributed by atoms with Gasteiger partial charge in [-0.25, -0.2) is 8.42 Å². The number of nitrogens with one attached hydrogen (secondary N) is 1. The summed E-state index contributed by atoms with van der Waals surface area (Å²) in [7, 11) is -3.58. The number of amides is 1. The number of carbonyl (C=O) groups is 1. The van der Waals surface area contributed by atoms with E-state index in [1.165, 1.54) is 6.07 Å². The summed E-state index contributed by atoms with van der Waals surface area (Å²) in [6.07, 6.45) is 5.47. The molecule has 1 aromatic heterocycles. The fourth-order valence-electron chi connectivity index (χ4n) is 3.92. The molecule has 0 saturated carbocycles. The van der Waals surface area contributed by atoms with Gasteiger partial charge in [0.05, 0.1) is 18.1 Å². The van der Waals surface area contributed by atoms with E-state index >= 15 is 0 Å². The number of benzene rings is 1. The van der Waals surface area contributed by atoms with Crippen LogP contribution < -0.4 is 10.2 Å². The third-order valence-electron chi connectivity index (χ3n) is 5.65. The van der Waals surface area contributed by atoms with E-state index in [0.29, 0.717) is 32.0 Å². The highest BCUT2D eigenvalue weighted by molar-refractivity contribution is 7.89. The maximum atomic E-state index is 13.1. The quantitative estimate of drug-likeness (QED) is 0.763. The zero-order chi connectivity index (χ0) is 21.7. The second-order valence-electron chi connectivity index (χ2n) is 7.80. The van der Waals surface area contributed by atoms with Gasteiger partial charge in [-0.05, 0) is 43.2 Å². The lowest BCUT2D eigenvalue weighted by atomic mass is 10.2. The Morgan fingerprint density at radius 2 is 1.71 bits per heavy atom. The third-order valence-corrected chi connectivity index (χ3v) is 7.54. The number of morpholine rings is 1. The number of nitrogens with zero attached hydrogens (tertiary/aromatic N) is 3. The van der Waals surface area contributed by atoms with E-state index in [1.807, 2.05) is 6.07 Å². The van der Waals surface area contributed by atoms with Gasteiger partial charge in [0.1, 0.15) is 5.69 Å². The van der Waals surface area contributed by atoms with E-state index < -0.39 is 10.0 Å². The van der Waals surface area contributed by atoms with Crippen LogP contribution in [0.25, 0.3) is 0 Å². The highest BCUT2D eigenvalue weighted by Gasteiger charge is 2.25. The predicted octanol–water partition coefficient (Wildman–Crippen LogP) is 2.74. The third kappa shape index (κ3) is 5.23. The van der Waals surface area contributed by atoms with Gasteiger partial charge < -0.3 is 15.0 Å². The van der Waals surface area contributed by atoms with Gasteiger partial charge >= 0.3 is 0 Å². The summed E-state index contributed by atoms with van der Waals surface area (Å²) in [5.41, 5.74) is 1.63. The molecule has 0 atom stereocenters. The van der Waals surface area contributed by atoms with E-state index in [2.05, 4.69) is 15.2 Å². The minimum Gasteiger partial charge on any atom is -0.378 e. The van der Waals surface area contributed by atoms with Gasteiger partial charge in [-0.15, -0.1) is 0 Å². The van der Waals surface area contributed by atoms with E-state index in [9.17, 15) is 13.2 Å².